The van der Waals surface area contributed by atoms with Crippen LogP contribution in [0.15, 0.2) is 22.7 Å². The topological polar surface area (TPSA) is 38.0 Å². The summed E-state index contributed by atoms with van der Waals surface area (Å²) in [4.78, 5) is 0. The van der Waals surface area contributed by atoms with Gasteiger partial charge in [0, 0.05) is 11.0 Å². The second kappa shape index (κ2) is 7.14. The summed E-state index contributed by atoms with van der Waals surface area (Å²) in [6.07, 6.45) is 0. The Kier molecular flexibility index (Phi) is 6.17. The van der Waals surface area contributed by atoms with Crippen LogP contribution >= 0.6 is 15.9 Å². The Morgan fingerprint density at radius 2 is 2.06 bits per heavy atom. The van der Waals surface area contributed by atoms with Gasteiger partial charge in [0.15, 0.2) is 0 Å². The second-order valence-electron chi connectivity index (χ2n) is 4.94. The first-order chi connectivity index (χ1) is 8.04. The SMILES string of the molecule is Cc1ccc(Br)cc1CNCC(CN)C(C)C. The Bertz CT molecular complexity index is 350. The van der Waals surface area contributed by atoms with Gasteiger partial charge >= 0.3 is 0 Å². The molecule has 1 unspecified atom stereocenters. The summed E-state index contributed by atoms with van der Waals surface area (Å²) in [5.74, 6) is 1.19. The van der Waals surface area contributed by atoms with Crippen molar-refractivity contribution in [3.63, 3.8) is 0 Å². The number of nitrogens with two attached hydrogens (primary N) is 1. The van der Waals surface area contributed by atoms with E-state index >= 15 is 0 Å². The number of hydrogen-bond acceptors (Lipinski definition) is 2. The minimum Gasteiger partial charge on any atom is -0.330 e. The van der Waals surface area contributed by atoms with Crippen molar-refractivity contribution >= 4 is 15.9 Å². The molecule has 0 aliphatic rings. The molecule has 0 spiro atoms. The van der Waals surface area contributed by atoms with Crippen LogP contribution in [-0.4, -0.2) is 13.1 Å². The monoisotopic (exact) mass is 298 g/mol. The number of benzene rings is 1. The van der Waals surface area contributed by atoms with Crippen LogP contribution in [0.1, 0.15) is 25.0 Å². The lowest BCUT2D eigenvalue weighted by Gasteiger charge is -2.19. The molecule has 0 aliphatic carbocycles. The van der Waals surface area contributed by atoms with Gasteiger partial charge in [0.25, 0.3) is 0 Å². The molecule has 0 aliphatic heterocycles. The first-order valence-corrected chi connectivity index (χ1v) is 6.99. The Morgan fingerprint density at radius 1 is 1.35 bits per heavy atom. The fourth-order valence-electron chi connectivity index (χ4n) is 1.81. The van der Waals surface area contributed by atoms with Crippen molar-refractivity contribution in [2.24, 2.45) is 17.6 Å². The third-order valence-corrected chi connectivity index (χ3v) is 3.77. The van der Waals surface area contributed by atoms with Gasteiger partial charge in [0.1, 0.15) is 0 Å². The zero-order valence-corrected chi connectivity index (χ0v) is 12.5. The number of rotatable bonds is 6. The first-order valence-electron chi connectivity index (χ1n) is 6.20. The Balaban J connectivity index is 2.47. The Labute approximate surface area is 113 Å². The molecule has 0 saturated heterocycles. The van der Waals surface area contributed by atoms with Gasteiger partial charge in [0.2, 0.25) is 0 Å². The molecular weight excluding hydrogens is 276 g/mol. The molecule has 0 radical (unpaired) electrons. The van der Waals surface area contributed by atoms with Crippen molar-refractivity contribution in [2.75, 3.05) is 13.1 Å². The number of aryl methyl sites for hydroxylation is 1. The van der Waals surface area contributed by atoms with E-state index in [0.717, 1.165) is 24.1 Å². The highest BCUT2D eigenvalue weighted by atomic mass is 79.9. The van der Waals surface area contributed by atoms with Crippen molar-refractivity contribution in [2.45, 2.75) is 27.3 Å². The third kappa shape index (κ3) is 4.78. The van der Waals surface area contributed by atoms with Crippen LogP contribution in [0.5, 0.6) is 0 Å². The molecule has 0 fully saturated rings. The van der Waals surface area contributed by atoms with Crippen molar-refractivity contribution in [1.82, 2.24) is 5.32 Å². The maximum absolute atomic E-state index is 5.76. The van der Waals surface area contributed by atoms with E-state index in [1.54, 1.807) is 0 Å². The molecule has 3 heteroatoms. The minimum atomic E-state index is 0.558. The smallest absolute Gasteiger partial charge is 0.0208 e. The lowest BCUT2D eigenvalue weighted by Crippen LogP contribution is -2.31. The highest BCUT2D eigenvalue weighted by molar-refractivity contribution is 9.10. The van der Waals surface area contributed by atoms with Crippen LogP contribution in [-0.2, 0) is 6.54 Å². The molecule has 17 heavy (non-hydrogen) atoms. The zero-order valence-electron chi connectivity index (χ0n) is 11.0. The van der Waals surface area contributed by atoms with Gasteiger partial charge in [-0.2, -0.15) is 0 Å². The number of hydrogen-bond donors (Lipinski definition) is 2. The van der Waals surface area contributed by atoms with Crippen molar-refractivity contribution in [3.05, 3.63) is 33.8 Å². The quantitative estimate of drug-likeness (QED) is 0.847. The fourth-order valence-corrected chi connectivity index (χ4v) is 2.22. The van der Waals surface area contributed by atoms with E-state index < -0.39 is 0 Å². The van der Waals surface area contributed by atoms with Gasteiger partial charge in [-0.15, -0.1) is 0 Å². The largest absolute Gasteiger partial charge is 0.330 e. The maximum Gasteiger partial charge on any atom is 0.0208 e. The molecule has 0 amide bonds. The summed E-state index contributed by atoms with van der Waals surface area (Å²) in [5, 5.41) is 3.50. The van der Waals surface area contributed by atoms with Crippen molar-refractivity contribution in [1.29, 1.82) is 0 Å². The van der Waals surface area contributed by atoms with Gasteiger partial charge in [-0.3, -0.25) is 0 Å². The van der Waals surface area contributed by atoms with E-state index in [0.29, 0.717) is 11.8 Å². The number of nitrogens with one attached hydrogen (secondary N) is 1. The fraction of sp³-hybridized carbons (Fsp3) is 0.571. The molecule has 96 valence electrons. The van der Waals surface area contributed by atoms with E-state index in [2.05, 4.69) is 60.2 Å². The summed E-state index contributed by atoms with van der Waals surface area (Å²) < 4.78 is 1.14. The van der Waals surface area contributed by atoms with Crippen LogP contribution < -0.4 is 11.1 Å². The molecule has 1 aromatic rings. The molecule has 1 atom stereocenters. The van der Waals surface area contributed by atoms with Crippen LogP contribution in [0.2, 0.25) is 0 Å². The van der Waals surface area contributed by atoms with Gasteiger partial charge in [0.05, 0.1) is 0 Å². The molecule has 0 saturated carbocycles. The molecule has 0 heterocycles. The van der Waals surface area contributed by atoms with Crippen LogP contribution in [0.4, 0.5) is 0 Å². The summed E-state index contributed by atoms with van der Waals surface area (Å²) in [5.41, 5.74) is 8.43. The maximum atomic E-state index is 5.76. The molecular formula is C14H23BrN2. The molecule has 2 nitrogen and oxygen atoms in total. The van der Waals surface area contributed by atoms with Gasteiger partial charge in [-0.1, -0.05) is 35.8 Å². The van der Waals surface area contributed by atoms with Gasteiger partial charge in [-0.05, 0) is 55.1 Å². The Hall–Kier alpha value is -0.380. The first kappa shape index (κ1) is 14.7. The van der Waals surface area contributed by atoms with Crippen LogP contribution in [0.25, 0.3) is 0 Å². The summed E-state index contributed by atoms with van der Waals surface area (Å²) in [7, 11) is 0. The van der Waals surface area contributed by atoms with Crippen molar-refractivity contribution in [3.8, 4) is 0 Å². The van der Waals surface area contributed by atoms with Crippen LogP contribution in [0.3, 0.4) is 0 Å². The average molecular weight is 299 g/mol. The van der Waals surface area contributed by atoms with E-state index in [-0.39, 0.29) is 0 Å². The predicted molar refractivity (Wildman–Crippen MR) is 78.0 cm³/mol. The van der Waals surface area contributed by atoms with Gasteiger partial charge in [-0.25, -0.2) is 0 Å². The number of halogens is 1. The van der Waals surface area contributed by atoms with Crippen molar-refractivity contribution < 1.29 is 0 Å². The summed E-state index contributed by atoms with van der Waals surface area (Å²) in [6, 6.07) is 6.40. The normalized spacial score (nSPS) is 13.1. The summed E-state index contributed by atoms with van der Waals surface area (Å²) in [6.45, 7) is 9.25. The molecule has 1 aromatic carbocycles. The third-order valence-electron chi connectivity index (χ3n) is 3.28. The highest BCUT2D eigenvalue weighted by Crippen LogP contribution is 2.16. The lowest BCUT2D eigenvalue weighted by molar-refractivity contribution is 0.370. The predicted octanol–water partition coefficient (Wildman–Crippen LogP) is 3.08. The van der Waals surface area contributed by atoms with Gasteiger partial charge < -0.3 is 11.1 Å². The standard InChI is InChI=1S/C14H23BrN2/c1-10(2)13(7-16)9-17-8-12-6-14(15)5-4-11(12)3/h4-6,10,13,17H,7-9,16H2,1-3H3. The van der Waals surface area contributed by atoms with E-state index in [1.807, 2.05) is 0 Å². The Morgan fingerprint density at radius 3 is 2.65 bits per heavy atom. The molecule has 0 aromatic heterocycles. The van der Waals surface area contributed by atoms with Crippen LogP contribution in [0, 0.1) is 18.8 Å². The highest BCUT2D eigenvalue weighted by Gasteiger charge is 2.10. The molecule has 1 rings (SSSR count). The van der Waals surface area contributed by atoms with E-state index in [1.165, 1.54) is 11.1 Å². The lowest BCUT2D eigenvalue weighted by atomic mass is 9.96. The minimum absolute atomic E-state index is 0.558. The molecule has 3 N–H and O–H groups in total. The van der Waals surface area contributed by atoms with E-state index in [9.17, 15) is 0 Å². The summed E-state index contributed by atoms with van der Waals surface area (Å²) >= 11 is 3.51. The average Bonchev–Trinajstić information content (AvgIpc) is 2.28. The van der Waals surface area contributed by atoms with E-state index in [4.69, 9.17) is 5.73 Å². The zero-order chi connectivity index (χ0) is 12.8. The molecule has 0 bridgehead atoms. The second-order valence-corrected chi connectivity index (χ2v) is 5.86.